The second-order valence-electron chi connectivity index (χ2n) is 6.07. The van der Waals surface area contributed by atoms with Gasteiger partial charge in [0.2, 0.25) is 5.91 Å². The molecule has 1 fully saturated rings. The third-order valence-electron chi connectivity index (χ3n) is 4.19. The maximum absolute atomic E-state index is 12.3. The van der Waals surface area contributed by atoms with Crippen molar-refractivity contribution in [1.29, 1.82) is 0 Å². The van der Waals surface area contributed by atoms with Gasteiger partial charge in [-0.1, -0.05) is 12.1 Å². The Balaban J connectivity index is 1.63. The molecule has 0 radical (unpaired) electrons. The number of ether oxygens (including phenoxy) is 2. The molecule has 0 saturated carbocycles. The van der Waals surface area contributed by atoms with Crippen LogP contribution in [0.5, 0.6) is 11.5 Å². The van der Waals surface area contributed by atoms with Crippen LogP contribution in [0, 0.1) is 0 Å². The maximum Gasteiger partial charge on any atom is 0.335 e. The molecule has 0 aliphatic carbocycles. The molecular weight excluding hydrogens is 354 g/mol. The Kier molecular flexibility index (Phi) is 5.11. The fourth-order valence-electron chi connectivity index (χ4n) is 2.82. The van der Waals surface area contributed by atoms with Gasteiger partial charge in [-0.05, 0) is 24.6 Å². The summed E-state index contributed by atoms with van der Waals surface area (Å²) in [7, 11) is 0. The van der Waals surface area contributed by atoms with Crippen LogP contribution < -0.4 is 14.8 Å². The van der Waals surface area contributed by atoms with Gasteiger partial charge >= 0.3 is 17.8 Å². The number of nitrogens with zero attached hydrogens (tertiary/aromatic N) is 2. The standard InChI is InChI=1S/C18H19N3O6/c1-3-6-20-16(23)17(24)21(18(20)25)10-15(22)19-11(2)12-4-5-13-14(9-12)27-8-7-26-13/h3-5,9,11H,1,6-8,10H2,2H3,(H,19,22). The van der Waals surface area contributed by atoms with Gasteiger partial charge in [-0.15, -0.1) is 6.58 Å². The largest absolute Gasteiger partial charge is 0.486 e. The van der Waals surface area contributed by atoms with Crippen LogP contribution in [0.1, 0.15) is 18.5 Å². The summed E-state index contributed by atoms with van der Waals surface area (Å²) in [6.07, 6.45) is 1.33. The Bertz CT molecular complexity index is 821. The van der Waals surface area contributed by atoms with Gasteiger partial charge in [0.05, 0.1) is 6.04 Å². The average Bonchev–Trinajstić information content (AvgIpc) is 2.86. The van der Waals surface area contributed by atoms with Gasteiger partial charge in [0.25, 0.3) is 0 Å². The number of benzene rings is 1. The molecule has 0 aromatic heterocycles. The molecule has 1 atom stereocenters. The molecule has 9 heteroatoms. The summed E-state index contributed by atoms with van der Waals surface area (Å²) >= 11 is 0. The van der Waals surface area contributed by atoms with Crippen LogP contribution in [0.2, 0.25) is 0 Å². The zero-order valence-electron chi connectivity index (χ0n) is 14.8. The Morgan fingerprint density at radius 2 is 1.85 bits per heavy atom. The van der Waals surface area contributed by atoms with Gasteiger partial charge in [-0.3, -0.25) is 19.3 Å². The number of nitrogens with one attached hydrogen (secondary N) is 1. The number of amides is 5. The van der Waals surface area contributed by atoms with E-state index in [9.17, 15) is 19.2 Å². The highest BCUT2D eigenvalue weighted by Gasteiger charge is 2.44. The van der Waals surface area contributed by atoms with Gasteiger partial charge in [-0.25, -0.2) is 9.69 Å². The van der Waals surface area contributed by atoms with Gasteiger partial charge in [0, 0.05) is 6.54 Å². The third kappa shape index (κ3) is 3.62. The Hall–Kier alpha value is -3.36. The molecule has 2 aliphatic heterocycles. The second kappa shape index (κ2) is 7.48. The van der Waals surface area contributed by atoms with Crippen molar-refractivity contribution in [1.82, 2.24) is 15.1 Å². The van der Waals surface area contributed by atoms with Crippen molar-refractivity contribution in [3.05, 3.63) is 36.4 Å². The van der Waals surface area contributed by atoms with Crippen LogP contribution in [0.4, 0.5) is 4.79 Å². The van der Waals surface area contributed by atoms with Crippen molar-refractivity contribution in [3.63, 3.8) is 0 Å². The molecule has 1 unspecified atom stereocenters. The molecule has 27 heavy (non-hydrogen) atoms. The van der Waals surface area contributed by atoms with Crippen molar-refractivity contribution >= 4 is 23.8 Å². The highest BCUT2D eigenvalue weighted by molar-refractivity contribution is 6.45. The highest BCUT2D eigenvalue weighted by atomic mass is 16.6. The second-order valence-corrected chi connectivity index (χ2v) is 6.07. The van der Waals surface area contributed by atoms with Gasteiger partial charge in [0.15, 0.2) is 11.5 Å². The maximum atomic E-state index is 12.3. The lowest BCUT2D eigenvalue weighted by Gasteiger charge is -2.21. The third-order valence-corrected chi connectivity index (χ3v) is 4.19. The molecule has 1 N–H and O–H groups in total. The fraction of sp³-hybridized carbons (Fsp3) is 0.333. The minimum absolute atomic E-state index is 0.0882. The fourth-order valence-corrected chi connectivity index (χ4v) is 2.82. The molecule has 0 spiro atoms. The molecule has 1 aromatic carbocycles. The van der Waals surface area contributed by atoms with Crippen molar-refractivity contribution in [2.24, 2.45) is 0 Å². The van der Waals surface area contributed by atoms with Gasteiger partial charge in [0.1, 0.15) is 19.8 Å². The quantitative estimate of drug-likeness (QED) is 0.445. The number of carbonyl (C=O) groups excluding carboxylic acids is 4. The minimum atomic E-state index is -1.02. The lowest BCUT2D eigenvalue weighted by Crippen LogP contribution is -2.42. The van der Waals surface area contributed by atoms with E-state index < -0.39 is 36.3 Å². The van der Waals surface area contributed by atoms with Gasteiger partial charge in [-0.2, -0.15) is 0 Å². The summed E-state index contributed by atoms with van der Waals surface area (Å²) in [6.45, 7) is 5.50. The Morgan fingerprint density at radius 1 is 1.19 bits per heavy atom. The number of rotatable bonds is 6. The average molecular weight is 373 g/mol. The lowest BCUT2D eigenvalue weighted by molar-refractivity contribution is -0.143. The van der Waals surface area contributed by atoms with Crippen molar-refractivity contribution < 1.29 is 28.7 Å². The lowest BCUT2D eigenvalue weighted by atomic mass is 10.1. The molecule has 1 aromatic rings. The number of hydrogen-bond acceptors (Lipinski definition) is 6. The first-order valence-electron chi connectivity index (χ1n) is 8.39. The monoisotopic (exact) mass is 373 g/mol. The topological polar surface area (TPSA) is 105 Å². The smallest absolute Gasteiger partial charge is 0.335 e. The minimum Gasteiger partial charge on any atom is -0.486 e. The van der Waals surface area contributed by atoms with E-state index in [2.05, 4.69) is 11.9 Å². The van der Waals surface area contributed by atoms with Crippen molar-refractivity contribution in [2.75, 3.05) is 26.3 Å². The first-order valence-corrected chi connectivity index (χ1v) is 8.39. The van der Waals surface area contributed by atoms with Gasteiger partial charge < -0.3 is 14.8 Å². The van der Waals surface area contributed by atoms with Crippen LogP contribution in [0.3, 0.4) is 0 Å². The van der Waals surface area contributed by atoms with E-state index >= 15 is 0 Å². The Morgan fingerprint density at radius 3 is 2.56 bits per heavy atom. The molecule has 0 bridgehead atoms. The predicted octanol–water partition coefficient (Wildman–Crippen LogP) is 0.612. The molecule has 2 heterocycles. The molecule has 1 saturated heterocycles. The summed E-state index contributed by atoms with van der Waals surface area (Å²) in [6, 6.07) is 4.08. The molecule has 142 valence electrons. The zero-order chi connectivity index (χ0) is 19.6. The molecular formula is C18H19N3O6. The molecule has 5 amide bonds. The van der Waals surface area contributed by atoms with E-state index in [1.165, 1.54) is 6.08 Å². The number of carbonyl (C=O) groups is 4. The van der Waals surface area contributed by atoms with E-state index in [0.717, 1.165) is 10.5 Å². The van der Waals surface area contributed by atoms with E-state index in [0.29, 0.717) is 29.6 Å². The van der Waals surface area contributed by atoms with Crippen molar-refractivity contribution in [2.45, 2.75) is 13.0 Å². The zero-order valence-corrected chi connectivity index (χ0v) is 14.8. The van der Waals surface area contributed by atoms with Crippen molar-refractivity contribution in [3.8, 4) is 11.5 Å². The summed E-state index contributed by atoms with van der Waals surface area (Å²) in [5, 5.41) is 2.70. The van der Waals surface area contributed by atoms with E-state index in [1.807, 2.05) is 0 Å². The number of urea groups is 1. The number of hydrogen-bond donors (Lipinski definition) is 1. The first-order chi connectivity index (χ1) is 12.9. The predicted molar refractivity (Wildman–Crippen MR) is 93.0 cm³/mol. The summed E-state index contributed by atoms with van der Waals surface area (Å²) in [5.74, 6) is -1.32. The van der Waals surface area contributed by atoms with Crippen LogP contribution in [0.25, 0.3) is 0 Å². The van der Waals surface area contributed by atoms with Crippen LogP contribution in [0.15, 0.2) is 30.9 Å². The number of imide groups is 2. The molecule has 3 rings (SSSR count). The van der Waals surface area contributed by atoms with E-state index in [4.69, 9.17) is 9.47 Å². The molecule has 9 nitrogen and oxygen atoms in total. The van der Waals surface area contributed by atoms with Crippen LogP contribution in [-0.2, 0) is 14.4 Å². The summed E-state index contributed by atoms with van der Waals surface area (Å²) < 4.78 is 11.0. The van der Waals surface area contributed by atoms with E-state index in [-0.39, 0.29) is 6.54 Å². The van der Waals surface area contributed by atoms with E-state index in [1.54, 1.807) is 25.1 Å². The SMILES string of the molecule is C=CCN1C(=O)C(=O)N(CC(=O)NC(C)c2ccc3c(c2)OCCO3)C1=O. The normalized spacial score (nSPS) is 17.1. The molecule has 2 aliphatic rings. The summed E-state index contributed by atoms with van der Waals surface area (Å²) in [5.41, 5.74) is 0.774. The Labute approximate surface area is 155 Å². The number of fused-ring (bicyclic) bond motifs is 1. The van der Waals surface area contributed by atoms with Crippen LogP contribution >= 0.6 is 0 Å². The first kappa shape index (κ1) is 18.4. The highest BCUT2D eigenvalue weighted by Crippen LogP contribution is 2.32. The van der Waals surface area contributed by atoms with Crippen LogP contribution in [-0.4, -0.2) is 59.9 Å². The summed E-state index contributed by atoms with van der Waals surface area (Å²) in [4.78, 5) is 49.5.